The number of likely N-dealkylation sites (tertiary alicyclic amines) is 1. The topological polar surface area (TPSA) is 99.0 Å². The zero-order valence-corrected chi connectivity index (χ0v) is 19.9. The van der Waals surface area contributed by atoms with Crippen LogP contribution in [-0.4, -0.2) is 84.3 Å². The molecule has 10 heteroatoms. The standard InChI is InChI=1S/C22H35N5O4S/c1-25-10-8-17(9-11-25)26(2)32(29,30)27-18-4-3-5-19(27)13-16(12-18)23-22(28)20-14-21(31-24-20)15-6-7-15/h14-19H,3-13H2,1-2H3,(H,23,28)/t18-,19-/m1/s1. The summed E-state index contributed by atoms with van der Waals surface area (Å²) < 4.78 is 36.0. The Morgan fingerprint density at radius 3 is 2.41 bits per heavy atom. The Morgan fingerprint density at radius 1 is 1.12 bits per heavy atom. The average molecular weight is 466 g/mol. The normalized spacial score (nSPS) is 30.5. The van der Waals surface area contributed by atoms with E-state index in [4.69, 9.17) is 4.52 Å². The van der Waals surface area contributed by atoms with Gasteiger partial charge < -0.3 is 14.7 Å². The predicted octanol–water partition coefficient (Wildman–Crippen LogP) is 1.94. The van der Waals surface area contributed by atoms with Crippen LogP contribution in [0.1, 0.15) is 80.0 Å². The lowest BCUT2D eigenvalue weighted by atomic mass is 9.84. The lowest BCUT2D eigenvalue weighted by Crippen LogP contribution is -2.62. The zero-order valence-electron chi connectivity index (χ0n) is 19.1. The van der Waals surface area contributed by atoms with Gasteiger partial charge in [0.1, 0.15) is 5.76 Å². The summed E-state index contributed by atoms with van der Waals surface area (Å²) in [4.78, 5) is 15.0. The maximum absolute atomic E-state index is 13.6. The Labute approximate surface area is 190 Å². The molecule has 1 N–H and O–H groups in total. The predicted molar refractivity (Wildman–Crippen MR) is 119 cm³/mol. The molecule has 5 rings (SSSR count). The van der Waals surface area contributed by atoms with Crippen molar-refractivity contribution in [2.24, 2.45) is 0 Å². The first-order valence-corrected chi connectivity index (χ1v) is 13.4. The van der Waals surface area contributed by atoms with Gasteiger partial charge in [-0.3, -0.25) is 4.79 Å². The molecule has 4 heterocycles. The van der Waals surface area contributed by atoms with E-state index in [9.17, 15) is 13.2 Å². The van der Waals surface area contributed by atoms with Gasteiger partial charge in [0.2, 0.25) is 0 Å². The van der Waals surface area contributed by atoms with E-state index in [2.05, 4.69) is 22.4 Å². The molecule has 32 heavy (non-hydrogen) atoms. The highest BCUT2D eigenvalue weighted by Crippen LogP contribution is 2.40. The van der Waals surface area contributed by atoms with Gasteiger partial charge in [-0.1, -0.05) is 11.6 Å². The molecule has 0 unspecified atom stereocenters. The van der Waals surface area contributed by atoms with Crippen molar-refractivity contribution in [3.05, 3.63) is 17.5 Å². The average Bonchev–Trinajstić information content (AvgIpc) is 3.49. The molecule has 9 nitrogen and oxygen atoms in total. The summed E-state index contributed by atoms with van der Waals surface area (Å²) in [5.74, 6) is 0.992. The van der Waals surface area contributed by atoms with Gasteiger partial charge in [-0.15, -0.1) is 0 Å². The number of fused-ring (bicyclic) bond motifs is 2. The largest absolute Gasteiger partial charge is 0.360 e. The van der Waals surface area contributed by atoms with Crippen molar-refractivity contribution in [1.82, 2.24) is 24.0 Å². The van der Waals surface area contributed by atoms with Crippen molar-refractivity contribution in [2.75, 3.05) is 27.2 Å². The number of amides is 1. The zero-order chi connectivity index (χ0) is 22.5. The van der Waals surface area contributed by atoms with Crippen molar-refractivity contribution in [2.45, 2.75) is 87.9 Å². The van der Waals surface area contributed by atoms with Gasteiger partial charge in [0, 0.05) is 43.2 Å². The van der Waals surface area contributed by atoms with Crippen LogP contribution in [0.4, 0.5) is 0 Å². The Hall–Kier alpha value is -1.49. The van der Waals surface area contributed by atoms with Gasteiger partial charge in [-0.05, 0) is 71.5 Å². The third-order valence-electron chi connectivity index (χ3n) is 7.82. The van der Waals surface area contributed by atoms with Crippen molar-refractivity contribution in [3.8, 4) is 0 Å². The van der Waals surface area contributed by atoms with Crippen molar-refractivity contribution in [1.29, 1.82) is 0 Å². The molecular weight excluding hydrogens is 430 g/mol. The first kappa shape index (κ1) is 22.3. The number of piperidine rings is 3. The van der Waals surface area contributed by atoms with Crippen LogP contribution >= 0.6 is 0 Å². The molecule has 0 radical (unpaired) electrons. The molecule has 4 fully saturated rings. The molecule has 1 amide bonds. The molecule has 1 saturated carbocycles. The van der Waals surface area contributed by atoms with E-state index in [1.165, 1.54) is 0 Å². The Bertz CT molecular complexity index is 924. The molecule has 4 aliphatic rings. The highest BCUT2D eigenvalue weighted by atomic mass is 32.2. The monoisotopic (exact) mass is 465 g/mol. The van der Waals surface area contributed by atoms with Crippen LogP contribution in [0.3, 0.4) is 0 Å². The third-order valence-corrected chi connectivity index (χ3v) is 9.97. The smallest absolute Gasteiger partial charge is 0.282 e. The maximum Gasteiger partial charge on any atom is 0.282 e. The van der Waals surface area contributed by atoms with E-state index in [-0.39, 0.29) is 30.1 Å². The van der Waals surface area contributed by atoms with Crippen molar-refractivity contribution < 1.29 is 17.7 Å². The fourth-order valence-corrected chi connectivity index (χ4v) is 7.77. The van der Waals surface area contributed by atoms with E-state index >= 15 is 0 Å². The summed E-state index contributed by atoms with van der Waals surface area (Å²) in [6.07, 6.45) is 7.96. The second-order valence-corrected chi connectivity index (χ2v) is 12.1. The molecule has 2 bridgehead atoms. The molecular formula is C22H35N5O4S. The number of carbonyl (C=O) groups excluding carboxylic acids is 1. The third kappa shape index (κ3) is 4.34. The Balaban J connectivity index is 1.25. The minimum atomic E-state index is -3.53. The lowest BCUT2D eigenvalue weighted by molar-refractivity contribution is 0.0749. The van der Waals surface area contributed by atoms with Gasteiger partial charge in [0.15, 0.2) is 5.69 Å². The molecule has 178 valence electrons. The second-order valence-electron chi connectivity index (χ2n) is 10.2. The summed E-state index contributed by atoms with van der Waals surface area (Å²) in [6.45, 7) is 1.85. The molecule has 1 aromatic heterocycles. The van der Waals surface area contributed by atoms with Crippen LogP contribution in [0.15, 0.2) is 10.6 Å². The quantitative estimate of drug-likeness (QED) is 0.689. The van der Waals surface area contributed by atoms with Crippen LogP contribution < -0.4 is 5.32 Å². The first-order chi connectivity index (χ1) is 15.3. The number of aromatic nitrogens is 1. The van der Waals surface area contributed by atoms with Gasteiger partial charge >= 0.3 is 0 Å². The summed E-state index contributed by atoms with van der Waals surface area (Å²) >= 11 is 0. The summed E-state index contributed by atoms with van der Waals surface area (Å²) in [7, 11) is 0.297. The van der Waals surface area contributed by atoms with Crippen LogP contribution in [0.25, 0.3) is 0 Å². The van der Waals surface area contributed by atoms with Crippen LogP contribution in [0.2, 0.25) is 0 Å². The Kier molecular flexibility index (Phi) is 6.06. The molecule has 3 aliphatic heterocycles. The van der Waals surface area contributed by atoms with E-state index in [1.807, 2.05) is 0 Å². The highest BCUT2D eigenvalue weighted by molar-refractivity contribution is 7.86. The minimum absolute atomic E-state index is 0.0426. The number of rotatable bonds is 6. The summed E-state index contributed by atoms with van der Waals surface area (Å²) in [6, 6.07) is 1.64. The van der Waals surface area contributed by atoms with E-state index in [0.717, 1.165) is 63.8 Å². The van der Waals surface area contributed by atoms with Gasteiger partial charge in [-0.25, -0.2) is 0 Å². The molecule has 0 spiro atoms. The first-order valence-electron chi connectivity index (χ1n) is 12.1. The summed E-state index contributed by atoms with van der Waals surface area (Å²) in [5.41, 5.74) is 0.328. The number of hydrogen-bond donors (Lipinski definition) is 1. The van der Waals surface area contributed by atoms with E-state index in [0.29, 0.717) is 24.5 Å². The fraction of sp³-hybridized carbons (Fsp3) is 0.818. The second kappa shape index (κ2) is 8.70. The minimum Gasteiger partial charge on any atom is -0.360 e. The van der Waals surface area contributed by atoms with Crippen LogP contribution in [0.5, 0.6) is 0 Å². The number of nitrogens with one attached hydrogen (secondary N) is 1. The van der Waals surface area contributed by atoms with Gasteiger partial charge in [-0.2, -0.15) is 17.0 Å². The lowest BCUT2D eigenvalue weighted by Gasteiger charge is -2.49. The fourth-order valence-electron chi connectivity index (χ4n) is 5.74. The number of hydrogen-bond acceptors (Lipinski definition) is 6. The maximum atomic E-state index is 13.6. The SMILES string of the molecule is CN1CCC(N(C)S(=O)(=O)N2[C@@H]3CCC[C@@H]2CC(NC(=O)c2cc(C4CC4)on2)C3)CC1. The van der Waals surface area contributed by atoms with Crippen LogP contribution in [0, 0.1) is 0 Å². The van der Waals surface area contributed by atoms with Gasteiger partial charge in [0.25, 0.3) is 16.1 Å². The molecule has 0 aromatic carbocycles. The van der Waals surface area contributed by atoms with Crippen molar-refractivity contribution >= 4 is 16.1 Å². The Morgan fingerprint density at radius 2 is 1.78 bits per heavy atom. The van der Waals surface area contributed by atoms with E-state index in [1.54, 1.807) is 21.7 Å². The molecule has 2 atom stereocenters. The molecule has 1 aromatic rings. The van der Waals surface area contributed by atoms with Crippen molar-refractivity contribution in [3.63, 3.8) is 0 Å². The number of nitrogens with zero attached hydrogens (tertiary/aromatic N) is 4. The van der Waals surface area contributed by atoms with E-state index < -0.39 is 10.2 Å². The number of carbonyl (C=O) groups is 1. The van der Waals surface area contributed by atoms with Gasteiger partial charge in [0.05, 0.1) is 0 Å². The molecule has 1 aliphatic carbocycles. The van der Waals surface area contributed by atoms with Crippen LogP contribution in [-0.2, 0) is 10.2 Å². The molecule has 3 saturated heterocycles. The highest BCUT2D eigenvalue weighted by Gasteiger charge is 2.47. The summed E-state index contributed by atoms with van der Waals surface area (Å²) in [5, 5.41) is 7.05.